The Labute approximate surface area is 175 Å². The van der Waals surface area contributed by atoms with Crippen molar-refractivity contribution in [3.8, 4) is 0 Å². The Balaban J connectivity index is 2.04. The third kappa shape index (κ3) is 7.16. The normalized spacial score (nSPS) is 11.1. The summed E-state index contributed by atoms with van der Waals surface area (Å²) in [6.45, 7) is 1.72. The largest absolute Gasteiger partial charge is 0.463 e. The van der Waals surface area contributed by atoms with Crippen LogP contribution >= 0.6 is 11.6 Å². The topological polar surface area (TPSA) is 98.8 Å². The van der Waals surface area contributed by atoms with Gasteiger partial charge in [-0.05, 0) is 30.2 Å². The molecule has 0 unspecified atom stereocenters. The zero-order valence-electron chi connectivity index (χ0n) is 15.9. The summed E-state index contributed by atoms with van der Waals surface area (Å²) in [7, 11) is -3.97. The van der Waals surface area contributed by atoms with Crippen molar-refractivity contribution < 1.29 is 27.5 Å². The highest BCUT2D eigenvalue weighted by molar-refractivity contribution is 7.89. The molecule has 2 rings (SSSR count). The average Bonchev–Trinajstić information content (AvgIpc) is 2.72. The van der Waals surface area contributed by atoms with Gasteiger partial charge in [0, 0.05) is 6.54 Å². The van der Waals surface area contributed by atoms with E-state index in [0.29, 0.717) is 6.42 Å². The predicted molar refractivity (Wildman–Crippen MR) is 108 cm³/mol. The van der Waals surface area contributed by atoms with Gasteiger partial charge in [-0.15, -0.1) is 0 Å². The van der Waals surface area contributed by atoms with E-state index >= 15 is 0 Å². The Bertz CT molecular complexity index is 947. The van der Waals surface area contributed by atoms with Crippen molar-refractivity contribution in [3.63, 3.8) is 0 Å². The van der Waals surface area contributed by atoms with Crippen molar-refractivity contribution in [2.75, 3.05) is 13.2 Å². The second-order valence-electron chi connectivity index (χ2n) is 6.11. The average molecular weight is 440 g/mol. The highest BCUT2D eigenvalue weighted by Crippen LogP contribution is 2.23. The van der Waals surface area contributed by atoms with Crippen LogP contribution < -0.4 is 4.72 Å². The van der Waals surface area contributed by atoms with Crippen LogP contribution in [0.25, 0.3) is 0 Å². The number of benzene rings is 2. The summed E-state index contributed by atoms with van der Waals surface area (Å²) in [5.41, 5.74) is 0.722. The Hall–Kier alpha value is -2.42. The van der Waals surface area contributed by atoms with Crippen LogP contribution in [0.15, 0.2) is 53.4 Å². The Morgan fingerprint density at radius 3 is 2.48 bits per heavy atom. The van der Waals surface area contributed by atoms with Crippen molar-refractivity contribution >= 4 is 33.6 Å². The van der Waals surface area contributed by atoms with E-state index in [-0.39, 0.29) is 28.6 Å². The number of ether oxygens (including phenoxy) is 2. The summed E-state index contributed by atoms with van der Waals surface area (Å²) >= 11 is 6.02. The van der Waals surface area contributed by atoms with E-state index < -0.39 is 28.6 Å². The second-order valence-corrected chi connectivity index (χ2v) is 8.25. The molecule has 0 fully saturated rings. The van der Waals surface area contributed by atoms with E-state index in [0.717, 1.165) is 18.1 Å². The van der Waals surface area contributed by atoms with Gasteiger partial charge in [0.2, 0.25) is 10.0 Å². The summed E-state index contributed by atoms with van der Waals surface area (Å²) in [5, 5.41) is -0.0407. The standard InChI is InChI=1S/C20H22ClNO6S/c1-2-3-11-27-19(23)14-28-20(24)16-9-10-17(21)18(12-16)29(25,26)22-13-15-7-5-4-6-8-15/h4-10,12,22H,2-3,11,13-14H2,1H3. The maximum atomic E-state index is 12.6. The molecular weight excluding hydrogens is 418 g/mol. The minimum atomic E-state index is -3.97. The van der Waals surface area contributed by atoms with Gasteiger partial charge < -0.3 is 9.47 Å². The van der Waals surface area contributed by atoms with Gasteiger partial charge in [0.15, 0.2) is 6.61 Å². The molecular formula is C20H22ClNO6S. The van der Waals surface area contributed by atoms with Gasteiger partial charge in [-0.3, -0.25) is 0 Å². The second kappa shape index (κ2) is 10.9. The predicted octanol–water partition coefficient (Wildman–Crippen LogP) is 3.32. The SMILES string of the molecule is CCCCOC(=O)COC(=O)c1ccc(Cl)c(S(=O)(=O)NCc2ccccc2)c1. The first-order valence-electron chi connectivity index (χ1n) is 8.99. The lowest BCUT2D eigenvalue weighted by Crippen LogP contribution is -2.24. The number of halogens is 1. The van der Waals surface area contributed by atoms with Crippen LogP contribution in [0.5, 0.6) is 0 Å². The highest BCUT2D eigenvalue weighted by Gasteiger charge is 2.21. The number of rotatable bonds is 10. The fraction of sp³-hybridized carbons (Fsp3) is 0.300. The maximum absolute atomic E-state index is 12.6. The molecule has 156 valence electrons. The number of esters is 2. The lowest BCUT2D eigenvalue weighted by Gasteiger charge is -2.10. The van der Waals surface area contributed by atoms with Crippen LogP contribution in [0.1, 0.15) is 35.7 Å². The van der Waals surface area contributed by atoms with Crippen LogP contribution in [-0.2, 0) is 30.8 Å². The number of unbranched alkanes of at least 4 members (excludes halogenated alkanes) is 1. The fourth-order valence-electron chi connectivity index (χ4n) is 2.27. The lowest BCUT2D eigenvalue weighted by molar-refractivity contribution is -0.147. The van der Waals surface area contributed by atoms with E-state index in [9.17, 15) is 18.0 Å². The summed E-state index contributed by atoms with van der Waals surface area (Å²) in [6, 6.07) is 12.7. The first-order valence-corrected chi connectivity index (χ1v) is 10.9. The van der Waals surface area contributed by atoms with E-state index in [1.54, 1.807) is 24.3 Å². The molecule has 0 atom stereocenters. The Morgan fingerprint density at radius 2 is 1.79 bits per heavy atom. The first-order chi connectivity index (χ1) is 13.8. The fourth-order valence-corrected chi connectivity index (χ4v) is 3.81. The van der Waals surface area contributed by atoms with Crippen molar-refractivity contribution in [2.24, 2.45) is 0 Å². The molecule has 0 aliphatic rings. The van der Waals surface area contributed by atoms with E-state index in [1.807, 2.05) is 13.0 Å². The van der Waals surface area contributed by atoms with Gasteiger partial charge in [0.05, 0.1) is 17.2 Å². The molecule has 0 amide bonds. The summed E-state index contributed by atoms with van der Waals surface area (Å²) in [4.78, 5) is 23.4. The van der Waals surface area contributed by atoms with Crippen LogP contribution in [-0.4, -0.2) is 33.6 Å². The van der Waals surface area contributed by atoms with Gasteiger partial charge in [-0.25, -0.2) is 22.7 Å². The van der Waals surface area contributed by atoms with Gasteiger partial charge in [-0.2, -0.15) is 0 Å². The molecule has 0 saturated carbocycles. The Kier molecular flexibility index (Phi) is 8.63. The number of carbonyl (C=O) groups excluding carboxylic acids is 2. The quantitative estimate of drug-likeness (QED) is 0.450. The molecule has 0 aliphatic heterocycles. The van der Waals surface area contributed by atoms with Crippen LogP contribution in [0, 0.1) is 0 Å². The van der Waals surface area contributed by atoms with E-state index in [1.165, 1.54) is 12.1 Å². The molecule has 0 aliphatic carbocycles. The minimum absolute atomic E-state index is 0.0407. The molecule has 29 heavy (non-hydrogen) atoms. The maximum Gasteiger partial charge on any atom is 0.344 e. The van der Waals surface area contributed by atoms with Crippen LogP contribution in [0.4, 0.5) is 0 Å². The van der Waals surface area contributed by atoms with Gasteiger partial charge in [0.25, 0.3) is 0 Å². The van der Waals surface area contributed by atoms with Gasteiger partial charge in [0.1, 0.15) is 4.90 Å². The van der Waals surface area contributed by atoms with Crippen molar-refractivity contribution in [3.05, 3.63) is 64.7 Å². The van der Waals surface area contributed by atoms with E-state index in [4.69, 9.17) is 21.1 Å². The Morgan fingerprint density at radius 1 is 1.07 bits per heavy atom. The monoisotopic (exact) mass is 439 g/mol. The zero-order chi connectivity index (χ0) is 21.3. The van der Waals surface area contributed by atoms with Gasteiger partial charge >= 0.3 is 11.9 Å². The lowest BCUT2D eigenvalue weighted by atomic mass is 10.2. The van der Waals surface area contributed by atoms with Crippen molar-refractivity contribution in [2.45, 2.75) is 31.2 Å². The van der Waals surface area contributed by atoms with Crippen LogP contribution in [0.3, 0.4) is 0 Å². The van der Waals surface area contributed by atoms with Crippen molar-refractivity contribution in [1.82, 2.24) is 4.72 Å². The number of hydrogen-bond donors (Lipinski definition) is 1. The molecule has 0 radical (unpaired) electrons. The molecule has 0 heterocycles. The molecule has 0 saturated heterocycles. The third-order valence-electron chi connectivity index (χ3n) is 3.85. The highest BCUT2D eigenvalue weighted by atomic mass is 35.5. The molecule has 2 aromatic rings. The number of nitrogens with one attached hydrogen (secondary N) is 1. The third-order valence-corrected chi connectivity index (χ3v) is 5.73. The van der Waals surface area contributed by atoms with E-state index in [2.05, 4.69) is 4.72 Å². The summed E-state index contributed by atoms with van der Waals surface area (Å²) in [6.07, 6.45) is 1.58. The summed E-state index contributed by atoms with van der Waals surface area (Å²) < 4.78 is 37.4. The van der Waals surface area contributed by atoms with Crippen molar-refractivity contribution in [1.29, 1.82) is 0 Å². The number of hydrogen-bond acceptors (Lipinski definition) is 6. The first kappa shape index (κ1) is 22.9. The smallest absolute Gasteiger partial charge is 0.344 e. The van der Waals surface area contributed by atoms with Crippen LogP contribution in [0.2, 0.25) is 5.02 Å². The molecule has 7 nitrogen and oxygen atoms in total. The molecule has 0 aromatic heterocycles. The number of carbonyl (C=O) groups is 2. The van der Waals surface area contributed by atoms with Gasteiger partial charge in [-0.1, -0.05) is 55.3 Å². The molecule has 0 spiro atoms. The molecule has 2 aromatic carbocycles. The molecule has 1 N–H and O–H groups in total. The molecule has 9 heteroatoms. The molecule has 0 bridgehead atoms. The summed E-state index contributed by atoms with van der Waals surface area (Å²) in [5.74, 6) is -1.52. The number of sulfonamides is 1. The zero-order valence-corrected chi connectivity index (χ0v) is 17.5. The minimum Gasteiger partial charge on any atom is -0.463 e.